The zero-order valence-corrected chi connectivity index (χ0v) is 22.6. The molecule has 0 spiro atoms. The van der Waals surface area contributed by atoms with Crippen LogP contribution in [0.4, 0.5) is 4.39 Å². The van der Waals surface area contributed by atoms with Crippen LogP contribution in [0.3, 0.4) is 0 Å². The van der Waals surface area contributed by atoms with Crippen molar-refractivity contribution in [3.8, 4) is 0 Å². The van der Waals surface area contributed by atoms with E-state index in [-0.39, 0.29) is 42.5 Å². The number of ether oxygens (including phenoxy) is 1. The molecule has 9 atom stereocenters. The molecule has 4 rings (SSSR count). The van der Waals surface area contributed by atoms with Crippen LogP contribution in [0.5, 0.6) is 0 Å². The number of rotatable bonds is 5. The quantitative estimate of drug-likeness (QED) is 0.432. The third-order valence-corrected chi connectivity index (χ3v) is 10.4. The molecule has 2 N–H and O–H groups in total. The minimum Gasteiger partial charge on any atom is -0.458 e. The lowest BCUT2D eigenvalue weighted by atomic mass is 9.45. The zero-order chi connectivity index (χ0) is 26.1. The van der Waals surface area contributed by atoms with Gasteiger partial charge in [0.2, 0.25) is 5.78 Å². The number of hydrogen-bond acceptors (Lipinski definition) is 7. The highest BCUT2D eigenvalue weighted by molar-refractivity contribution is 6.69. The summed E-state index contributed by atoms with van der Waals surface area (Å²) in [5.74, 6) is -2.11. The Morgan fingerprint density at radius 3 is 2.49 bits per heavy atom. The summed E-state index contributed by atoms with van der Waals surface area (Å²) in [6.07, 6.45) is -0.0298. The van der Waals surface area contributed by atoms with Crippen molar-refractivity contribution in [2.45, 2.75) is 96.5 Å². The second-order valence-corrected chi connectivity index (χ2v) is 17.1. The van der Waals surface area contributed by atoms with Crippen molar-refractivity contribution in [2.75, 3.05) is 6.61 Å². The van der Waals surface area contributed by atoms with Crippen LogP contribution in [-0.2, 0) is 23.5 Å². The van der Waals surface area contributed by atoms with E-state index in [2.05, 4.69) is 19.6 Å². The average Bonchev–Trinajstić information content (AvgIpc) is 2.93. The Balaban J connectivity index is 1.81. The second kappa shape index (κ2) is 8.57. The Kier molecular flexibility index (Phi) is 6.52. The number of halogens is 1. The van der Waals surface area contributed by atoms with Gasteiger partial charge in [-0.05, 0) is 80.1 Å². The van der Waals surface area contributed by atoms with Crippen LogP contribution in [-0.4, -0.2) is 66.7 Å². The number of aliphatic hydroxyl groups is 2. The number of hydrogen-bond donors (Lipinski definition) is 2. The monoisotopic (exact) mass is 510 g/mol. The molecule has 0 bridgehead atoms. The highest BCUT2D eigenvalue weighted by Gasteiger charge is 2.72. The van der Waals surface area contributed by atoms with E-state index in [4.69, 9.17) is 9.16 Å². The third-order valence-electron chi connectivity index (χ3n) is 9.41. The summed E-state index contributed by atoms with van der Waals surface area (Å²) in [7, 11) is -2.12. The van der Waals surface area contributed by atoms with E-state index in [9.17, 15) is 24.6 Å². The average molecular weight is 511 g/mol. The molecule has 0 aromatic rings. The van der Waals surface area contributed by atoms with Gasteiger partial charge in [-0.15, -0.1) is 0 Å². The predicted molar refractivity (Wildman–Crippen MR) is 129 cm³/mol. The first-order valence-electron chi connectivity index (χ1n) is 12.7. The summed E-state index contributed by atoms with van der Waals surface area (Å²) in [6, 6.07) is 0. The fourth-order valence-corrected chi connectivity index (χ4v) is 9.15. The Hall–Kier alpha value is -1.42. The van der Waals surface area contributed by atoms with E-state index in [1.807, 2.05) is 6.92 Å². The number of aliphatic hydroxyl groups excluding tert-OH is 1. The normalized spacial score (nSPS) is 45.2. The molecule has 0 heterocycles. The predicted octanol–water partition coefficient (Wildman–Crippen LogP) is 3.13. The smallest absolute Gasteiger partial charge is 0.303 e. The molecule has 3 saturated carbocycles. The van der Waals surface area contributed by atoms with Gasteiger partial charge in [-0.25, -0.2) is 4.39 Å². The van der Waals surface area contributed by atoms with Crippen molar-refractivity contribution in [2.24, 2.45) is 28.6 Å². The van der Waals surface area contributed by atoms with Crippen LogP contribution in [0.2, 0.25) is 19.6 Å². The molecule has 7 nitrogen and oxygen atoms in total. The topological polar surface area (TPSA) is 110 Å². The first kappa shape index (κ1) is 26.6. The number of fused-ring (bicyclic) bond motifs is 5. The van der Waals surface area contributed by atoms with Crippen molar-refractivity contribution in [3.05, 3.63) is 11.6 Å². The number of ketones is 2. The lowest BCUT2D eigenvalue weighted by molar-refractivity contribution is -0.194. The SMILES string of the molecule is CC(=O)OCC(=O)[C@@]1(O)[C@H](O)C[C@H]2[C@@H]3C[C@H](F)C4=CC(=O)CC[C@]4(C)[C@H]3[C@@H](O[Si](C)(C)C)C[C@@]21C. The van der Waals surface area contributed by atoms with Gasteiger partial charge in [0.1, 0.15) is 6.17 Å². The molecule has 196 valence electrons. The number of alkyl halides is 1. The van der Waals surface area contributed by atoms with Gasteiger partial charge in [-0.3, -0.25) is 14.4 Å². The molecule has 0 aromatic heterocycles. The van der Waals surface area contributed by atoms with Crippen LogP contribution in [0.15, 0.2) is 11.6 Å². The van der Waals surface area contributed by atoms with Crippen LogP contribution in [0, 0.1) is 28.6 Å². The summed E-state index contributed by atoms with van der Waals surface area (Å²) in [5.41, 5.74) is -3.25. The Bertz CT molecular complexity index is 960. The number of Topliss-reactive ketones (excluding diaryl/α,β-unsaturated/α-hetero) is 1. The zero-order valence-electron chi connectivity index (χ0n) is 21.6. The Morgan fingerprint density at radius 2 is 1.89 bits per heavy atom. The van der Waals surface area contributed by atoms with Gasteiger partial charge < -0.3 is 19.4 Å². The van der Waals surface area contributed by atoms with Crippen LogP contribution in [0.1, 0.15) is 52.9 Å². The van der Waals surface area contributed by atoms with Crippen LogP contribution < -0.4 is 0 Å². The molecule has 0 aliphatic heterocycles. The van der Waals surface area contributed by atoms with Crippen LogP contribution >= 0.6 is 0 Å². The molecule has 4 aliphatic carbocycles. The molecule has 0 aromatic carbocycles. The molecular weight excluding hydrogens is 471 g/mol. The molecule has 4 aliphatic rings. The maximum Gasteiger partial charge on any atom is 0.303 e. The van der Waals surface area contributed by atoms with E-state index in [0.717, 1.165) is 0 Å². The summed E-state index contributed by atoms with van der Waals surface area (Å²) in [4.78, 5) is 36.8. The molecule has 0 radical (unpaired) electrons. The van der Waals surface area contributed by atoms with Gasteiger partial charge in [0.15, 0.2) is 26.3 Å². The maximum absolute atomic E-state index is 15.7. The summed E-state index contributed by atoms with van der Waals surface area (Å²) < 4.78 is 27.3. The Morgan fingerprint density at radius 1 is 1.23 bits per heavy atom. The van der Waals surface area contributed by atoms with Crippen molar-refractivity contribution < 1.29 is 38.1 Å². The Labute approximate surface area is 207 Å². The first-order chi connectivity index (χ1) is 16.0. The van der Waals surface area contributed by atoms with E-state index in [1.54, 1.807) is 6.92 Å². The molecular formula is C26H39FO7Si. The summed E-state index contributed by atoms with van der Waals surface area (Å²) >= 11 is 0. The highest BCUT2D eigenvalue weighted by Crippen LogP contribution is 2.68. The van der Waals surface area contributed by atoms with Crippen molar-refractivity contribution in [1.82, 2.24) is 0 Å². The largest absolute Gasteiger partial charge is 0.458 e. The van der Waals surface area contributed by atoms with Gasteiger partial charge >= 0.3 is 5.97 Å². The fourth-order valence-electron chi connectivity index (χ4n) is 8.01. The van der Waals surface area contributed by atoms with E-state index < -0.39 is 55.4 Å². The summed E-state index contributed by atoms with van der Waals surface area (Å²) in [6.45, 7) is 10.6. The molecule has 9 heteroatoms. The first-order valence-corrected chi connectivity index (χ1v) is 16.1. The number of carbonyl (C=O) groups excluding carboxylic acids is 3. The molecule has 35 heavy (non-hydrogen) atoms. The third kappa shape index (κ3) is 4.06. The van der Waals surface area contributed by atoms with Gasteiger partial charge in [0.25, 0.3) is 0 Å². The number of esters is 1. The second-order valence-electron chi connectivity index (χ2n) is 12.6. The maximum atomic E-state index is 15.7. The molecule has 0 saturated heterocycles. The van der Waals surface area contributed by atoms with Crippen molar-refractivity contribution in [1.29, 1.82) is 0 Å². The van der Waals surface area contributed by atoms with Gasteiger partial charge in [-0.2, -0.15) is 0 Å². The molecule has 3 fully saturated rings. The molecule has 0 amide bonds. The fraction of sp³-hybridized carbons (Fsp3) is 0.808. The van der Waals surface area contributed by atoms with Crippen molar-refractivity contribution >= 4 is 25.9 Å². The van der Waals surface area contributed by atoms with E-state index in [0.29, 0.717) is 24.8 Å². The van der Waals surface area contributed by atoms with Crippen LogP contribution in [0.25, 0.3) is 0 Å². The minimum absolute atomic E-state index is 0.0522. The lowest BCUT2D eigenvalue weighted by Gasteiger charge is -2.62. The number of carbonyl (C=O) groups is 3. The van der Waals surface area contributed by atoms with Gasteiger partial charge in [0, 0.05) is 24.9 Å². The lowest BCUT2D eigenvalue weighted by Crippen LogP contribution is -2.65. The van der Waals surface area contributed by atoms with E-state index >= 15 is 4.39 Å². The van der Waals surface area contributed by atoms with Gasteiger partial charge in [0.05, 0.1) is 6.10 Å². The van der Waals surface area contributed by atoms with E-state index in [1.165, 1.54) is 13.0 Å². The minimum atomic E-state index is -2.13. The van der Waals surface area contributed by atoms with Crippen molar-refractivity contribution in [3.63, 3.8) is 0 Å². The number of allylic oxidation sites excluding steroid dienone is 1. The molecule has 0 unspecified atom stereocenters. The highest BCUT2D eigenvalue weighted by atomic mass is 28.4. The summed E-state index contributed by atoms with van der Waals surface area (Å²) in [5, 5.41) is 22.9. The standard InChI is InChI=1S/C26H39FO7Si/c1-14(28)33-13-22(31)26(32)21(30)11-17-16-10-19(27)18-9-15(29)7-8-24(18,2)23(16)20(12-25(17,26)3)34-35(4,5)6/h9,16-17,19-21,23,30,32H,7-8,10-13H2,1-6H3/t16-,17-,19-,20-,21+,23+,24-,25-,26-/m0/s1. The van der Waals surface area contributed by atoms with Gasteiger partial charge in [-0.1, -0.05) is 13.8 Å².